The summed E-state index contributed by atoms with van der Waals surface area (Å²) < 4.78 is 5.18. The Hall–Kier alpha value is -2.36. The monoisotopic (exact) mass is 230 g/mol. The highest BCUT2D eigenvalue weighted by molar-refractivity contribution is 6.07. The van der Waals surface area contributed by atoms with Crippen LogP contribution in [0.15, 0.2) is 46.9 Å². The lowest BCUT2D eigenvalue weighted by Crippen LogP contribution is -2.00. The van der Waals surface area contributed by atoms with Gasteiger partial charge in [-0.15, -0.1) is 0 Å². The number of hydrogen-bond acceptors (Lipinski definition) is 3. The molecule has 0 aliphatic carbocycles. The van der Waals surface area contributed by atoms with E-state index >= 15 is 0 Å². The Morgan fingerprint density at radius 2 is 1.76 bits per heavy atom. The van der Waals surface area contributed by atoms with Gasteiger partial charge in [0.15, 0.2) is 5.76 Å². The molecule has 0 fully saturated rings. The second-order valence-electron chi connectivity index (χ2n) is 3.53. The largest absolute Gasteiger partial charge is 0.481 e. The minimum absolute atomic E-state index is 0.160. The first kappa shape index (κ1) is 11.1. The van der Waals surface area contributed by atoms with Gasteiger partial charge in [-0.3, -0.25) is 9.59 Å². The van der Waals surface area contributed by atoms with Crippen LogP contribution in [0.5, 0.6) is 0 Å². The Bertz CT molecular complexity index is 540. The van der Waals surface area contributed by atoms with Crippen molar-refractivity contribution in [3.63, 3.8) is 0 Å². The topological polar surface area (TPSA) is 67.5 Å². The molecule has 2 rings (SSSR count). The molecule has 4 nitrogen and oxygen atoms in total. The summed E-state index contributed by atoms with van der Waals surface area (Å²) in [6, 6.07) is 11.7. The summed E-state index contributed by atoms with van der Waals surface area (Å²) in [6.07, 6.45) is -0.220. The molecular weight excluding hydrogens is 220 g/mol. The van der Waals surface area contributed by atoms with E-state index in [9.17, 15) is 9.59 Å². The third-order valence-electron chi connectivity index (χ3n) is 2.25. The Morgan fingerprint density at radius 1 is 1.06 bits per heavy atom. The number of ketones is 1. The van der Waals surface area contributed by atoms with Gasteiger partial charge in [-0.05, 0) is 12.1 Å². The molecule has 1 heterocycles. The Morgan fingerprint density at radius 3 is 2.41 bits per heavy atom. The van der Waals surface area contributed by atoms with E-state index in [0.29, 0.717) is 5.56 Å². The van der Waals surface area contributed by atoms with E-state index in [-0.39, 0.29) is 23.7 Å². The third-order valence-corrected chi connectivity index (χ3v) is 2.25. The molecule has 86 valence electrons. The predicted molar refractivity (Wildman–Crippen MR) is 59.9 cm³/mol. The SMILES string of the molecule is O=C(O)Cc1ccc(C(=O)c2ccccc2)o1. The fourth-order valence-electron chi connectivity index (χ4n) is 1.48. The van der Waals surface area contributed by atoms with Crippen LogP contribution in [0.3, 0.4) is 0 Å². The van der Waals surface area contributed by atoms with Crippen LogP contribution < -0.4 is 0 Å². The normalized spacial score (nSPS) is 10.1. The van der Waals surface area contributed by atoms with Crippen LogP contribution in [0.4, 0.5) is 0 Å². The van der Waals surface area contributed by atoms with Crippen LogP contribution >= 0.6 is 0 Å². The molecule has 0 atom stereocenters. The minimum Gasteiger partial charge on any atom is -0.481 e. The van der Waals surface area contributed by atoms with Crippen molar-refractivity contribution in [2.45, 2.75) is 6.42 Å². The highest BCUT2D eigenvalue weighted by atomic mass is 16.4. The standard InChI is InChI=1S/C13H10O4/c14-12(15)8-10-6-7-11(17-10)13(16)9-4-2-1-3-5-9/h1-7H,8H2,(H,14,15). The highest BCUT2D eigenvalue weighted by Crippen LogP contribution is 2.13. The van der Waals surface area contributed by atoms with E-state index in [2.05, 4.69) is 0 Å². The molecule has 0 saturated carbocycles. The maximum absolute atomic E-state index is 11.9. The van der Waals surface area contributed by atoms with Gasteiger partial charge in [0.1, 0.15) is 12.2 Å². The molecule has 1 N–H and O–H groups in total. The summed E-state index contributed by atoms with van der Waals surface area (Å²) in [5, 5.41) is 8.59. The summed E-state index contributed by atoms with van der Waals surface area (Å²) in [4.78, 5) is 22.4. The first-order chi connectivity index (χ1) is 8.16. The van der Waals surface area contributed by atoms with Gasteiger partial charge >= 0.3 is 5.97 Å². The Balaban J connectivity index is 2.21. The number of carboxylic acids is 1. The number of rotatable bonds is 4. The first-order valence-corrected chi connectivity index (χ1v) is 5.07. The number of benzene rings is 1. The molecular formula is C13H10O4. The summed E-state index contributed by atoms with van der Waals surface area (Å²) in [6.45, 7) is 0. The zero-order chi connectivity index (χ0) is 12.3. The summed E-state index contributed by atoms with van der Waals surface area (Å²) in [5.74, 6) is -0.801. The maximum Gasteiger partial charge on any atom is 0.311 e. The number of carboxylic acid groups (broad SMARTS) is 1. The average molecular weight is 230 g/mol. The van der Waals surface area contributed by atoms with Crippen molar-refractivity contribution in [1.82, 2.24) is 0 Å². The van der Waals surface area contributed by atoms with Gasteiger partial charge in [-0.25, -0.2) is 0 Å². The number of carbonyl (C=O) groups is 2. The van der Waals surface area contributed by atoms with Crippen molar-refractivity contribution in [2.24, 2.45) is 0 Å². The molecule has 17 heavy (non-hydrogen) atoms. The fourth-order valence-corrected chi connectivity index (χ4v) is 1.48. The smallest absolute Gasteiger partial charge is 0.311 e. The van der Waals surface area contributed by atoms with Gasteiger partial charge in [0, 0.05) is 5.56 Å². The Kier molecular flexibility index (Phi) is 3.05. The molecule has 4 heteroatoms. The zero-order valence-electron chi connectivity index (χ0n) is 8.92. The number of aliphatic carboxylic acids is 1. The highest BCUT2D eigenvalue weighted by Gasteiger charge is 2.14. The van der Waals surface area contributed by atoms with Crippen LogP contribution in [-0.4, -0.2) is 16.9 Å². The van der Waals surface area contributed by atoms with E-state index in [1.54, 1.807) is 24.3 Å². The molecule has 2 aromatic rings. The molecule has 0 radical (unpaired) electrons. The van der Waals surface area contributed by atoms with E-state index in [1.165, 1.54) is 12.1 Å². The molecule has 0 unspecified atom stereocenters. The Labute approximate surface area is 97.5 Å². The second-order valence-corrected chi connectivity index (χ2v) is 3.53. The lowest BCUT2D eigenvalue weighted by molar-refractivity contribution is -0.136. The van der Waals surface area contributed by atoms with Crippen molar-refractivity contribution >= 4 is 11.8 Å². The summed E-state index contributed by atoms with van der Waals surface area (Å²) in [5.41, 5.74) is 0.517. The van der Waals surface area contributed by atoms with Gasteiger partial charge in [-0.1, -0.05) is 30.3 Å². The zero-order valence-corrected chi connectivity index (χ0v) is 8.92. The molecule has 0 amide bonds. The van der Waals surface area contributed by atoms with Gasteiger partial charge in [0.25, 0.3) is 0 Å². The lowest BCUT2D eigenvalue weighted by atomic mass is 10.1. The van der Waals surface area contributed by atoms with Gasteiger partial charge in [0.05, 0.1) is 0 Å². The summed E-state index contributed by atoms with van der Waals surface area (Å²) in [7, 11) is 0. The summed E-state index contributed by atoms with van der Waals surface area (Å²) >= 11 is 0. The number of furan rings is 1. The quantitative estimate of drug-likeness (QED) is 0.817. The predicted octanol–water partition coefficient (Wildman–Crippen LogP) is 2.14. The van der Waals surface area contributed by atoms with Crippen LogP contribution in [0.1, 0.15) is 21.9 Å². The first-order valence-electron chi connectivity index (χ1n) is 5.07. The van der Waals surface area contributed by atoms with Crippen molar-refractivity contribution in [2.75, 3.05) is 0 Å². The van der Waals surface area contributed by atoms with Crippen LogP contribution in [0, 0.1) is 0 Å². The molecule has 0 aliphatic heterocycles. The number of carbonyl (C=O) groups excluding carboxylic acids is 1. The minimum atomic E-state index is -0.988. The third kappa shape index (κ3) is 2.60. The van der Waals surface area contributed by atoms with Crippen LogP contribution in [0.2, 0.25) is 0 Å². The van der Waals surface area contributed by atoms with Gasteiger partial charge in [-0.2, -0.15) is 0 Å². The van der Waals surface area contributed by atoms with Crippen molar-refractivity contribution in [3.8, 4) is 0 Å². The second kappa shape index (κ2) is 4.65. The fraction of sp³-hybridized carbons (Fsp3) is 0.0769. The van der Waals surface area contributed by atoms with Gasteiger partial charge < -0.3 is 9.52 Å². The molecule has 0 saturated heterocycles. The van der Waals surface area contributed by atoms with Crippen molar-refractivity contribution < 1.29 is 19.1 Å². The molecule has 0 aliphatic rings. The van der Waals surface area contributed by atoms with E-state index in [1.807, 2.05) is 6.07 Å². The lowest BCUT2D eigenvalue weighted by Gasteiger charge is -1.96. The molecule has 0 spiro atoms. The van der Waals surface area contributed by atoms with Crippen LogP contribution in [0.25, 0.3) is 0 Å². The molecule has 1 aromatic carbocycles. The van der Waals surface area contributed by atoms with E-state index < -0.39 is 5.97 Å². The molecule has 1 aromatic heterocycles. The maximum atomic E-state index is 11.9. The van der Waals surface area contributed by atoms with E-state index in [0.717, 1.165) is 0 Å². The van der Waals surface area contributed by atoms with Crippen molar-refractivity contribution in [3.05, 3.63) is 59.5 Å². The van der Waals surface area contributed by atoms with Crippen molar-refractivity contribution in [1.29, 1.82) is 0 Å². The number of hydrogen-bond donors (Lipinski definition) is 1. The molecule has 0 bridgehead atoms. The van der Waals surface area contributed by atoms with Crippen LogP contribution in [-0.2, 0) is 11.2 Å². The van der Waals surface area contributed by atoms with E-state index in [4.69, 9.17) is 9.52 Å². The van der Waals surface area contributed by atoms with Gasteiger partial charge in [0.2, 0.25) is 5.78 Å². The average Bonchev–Trinajstić information content (AvgIpc) is 2.77.